The van der Waals surface area contributed by atoms with Gasteiger partial charge in [-0.2, -0.15) is 0 Å². The monoisotopic (exact) mass is 228 g/mol. The zero-order valence-electron chi connectivity index (χ0n) is 10.3. The minimum atomic E-state index is 0.378. The average molecular weight is 228 g/mol. The van der Waals surface area contributed by atoms with E-state index >= 15 is 0 Å². The second-order valence-electron chi connectivity index (χ2n) is 5.59. The number of carbonyl (C=O) groups excluding carboxylic acids is 1. The number of ketones is 1. The molecule has 0 radical (unpaired) electrons. The zero-order chi connectivity index (χ0) is 11.7. The Balaban J connectivity index is 1.69. The Bertz CT molecular complexity index is 395. The van der Waals surface area contributed by atoms with Crippen molar-refractivity contribution in [2.24, 2.45) is 11.8 Å². The van der Waals surface area contributed by atoms with Crippen LogP contribution in [0, 0.1) is 11.8 Å². The second-order valence-corrected chi connectivity index (χ2v) is 5.59. The molecule has 3 atom stereocenters. The van der Waals surface area contributed by atoms with Crippen LogP contribution in [0.25, 0.3) is 0 Å². The van der Waals surface area contributed by atoms with Crippen molar-refractivity contribution in [1.29, 1.82) is 0 Å². The molecule has 17 heavy (non-hydrogen) atoms. The molecule has 0 amide bonds. The standard InChI is InChI=1S/C16H20O/c17-16-10-6-2-5-9-13(16)15-11-14(15)12-7-3-1-4-8-12/h1,3-4,7-8,13-15H,2,5-6,9-11H2. The van der Waals surface area contributed by atoms with Crippen LogP contribution in [0.2, 0.25) is 0 Å². The predicted molar refractivity (Wildman–Crippen MR) is 68.9 cm³/mol. The van der Waals surface area contributed by atoms with Crippen molar-refractivity contribution in [1.82, 2.24) is 0 Å². The number of Topliss-reactive ketones (excluding diaryl/α,β-unsaturated/α-hetero) is 1. The van der Waals surface area contributed by atoms with Crippen LogP contribution in [0.4, 0.5) is 0 Å². The van der Waals surface area contributed by atoms with Gasteiger partial charge in [-0.3, -0.25) is 4.79 Å². The van der Waals surface area contributed by atoms with E-state index in [1.54, 1.807) is 0 Å². The summed E-state index contributed by atoms with van der Waals surface area (Å²) in [4.78, 5) is 12.1. The van der Waals surface area contributed by atoms with Gasteiger partial charge in [0.2, 0.25) is 0 Å². The summed E-state index contributed by atoms with van der Waals surface area (Å²) in [6.45, 7) is 0. The largest absolute Gasteiger partial charge is 0.299 e. The van der Waals surface area contributed by atoms with Crippen molar-refractivity contribution < 1.29 is 4.79 Å². The molecule has 2 aliphatic carbocycles. The minimum absolute atomic E-state index is 0.378. The Morgan fingerprint density at radius 3 is 2.59 bits per heavy atom. The summed E-state index contributed by atoms with van der Waals surface area (Å²) in [5, 5.41) is 0. The van der Waals surface area contributed by atoms with E-state index in [9.17, 15) is 4.79 Å². The van der Waals surface area contributed by atoms with Crippen LogP contribution in [0.15, 0.2) is 30.3 Å². The van der Waals surface area contributed by atoms with Gasteiger partial charge >= 0.3 is 0 Å². The Morgan fingerprint density at radius 1 is 0.941 bits per heavy atom. The molecule has 1 aromatic carbocycles. The Morgan fingerprint density at radius 2 is 1.76 bits per heavy atom. The zero-order valence-corrected chi connectivity index (χ0v) is 10.3. The van der Waals surface area contributed by atoms with Crippen LogP contribution >= 0.6 is 0 Å². The first kappa shape index (κ1) is 11.0. The topological polar surface area (TPSA) is 17.1 Å². The van der Waals surface area contributed by atoms with Crippen LogP contribution in [0.1, 0.15) is 50.0 Å². The Labute approximate surface area is 103 Å². The molecule has 0 spiro atoms. The average Bonchev–Trinajstić information content (AvgIpc) is 3.14. The van der Waals surface area contributed by atoms with E-state index in [-0.39, 0.29) is 0 Å². The summed E-state index contributed by atoms with van der Waals surface area (Å²) < 4.78 is 0. The van der Waals surface area contributed by atoms with E-state index in [0.29, 0.717) is 23.5 Å². The van der Waals surface area contributed by atoms with E-state index in [4.69, 9.17) is 0 Å². The molecular formula is C16H20O. The van der Waals surface area contributed by atoms with Gasteiger partial charge in [0.05, 0.1) is 0 Å². The molecule has 1 aromatic rings. The molecule has 0 aliphatic heterocycles. The molecule has 0 heterocycles. The van der Waals surface area contributed by atoms with Gasteiger partial charge in [0.15, 0.2) is 0 Å². The fourth-order valence-corrected chi connectivity index (χ4v) is 3.38. The third-order valence-electron chi connectivity index (χ3n) is 4.44. The van der Waals surface area contributed by atoms with Gasteiger partial charge in [-0.1, -0.05) is 43.2 Å². The van der Waals surface area contributed by atoms with Crippen molar-refractivity contribution >= 4 is 5.78 Å². The molecule has 2 aliphatic rings. The van der Waals surface area contributed by atoms with Crippen LogP contribution in [-0.4, -0.2) is 5.78 Å². The van der Waals surface area contributed by atoms with Crippen LogP contribution in [0.5, 0.6) is 0 Å². The van der Waals surface area contributed by atoms with Crippen LogP contribution in [-0.2, 0) is 4.79 Å². The molecule has 0 bridgehead atoms. The summed E-state index contributed by atoms with van der Waals surface area (Å²) >= 11 is 0. The first-order valence-electron chi connectivity index (χ1n) is 6.94. The van der Waals surface area contributed by atoms with E-state index in [1.165, 1.54) is 24.8 Å². The highest BCUT2D eigenvalue weighted by atomic mass is 16.1. The van der Waals surface area contributed by atoms with Gasteiger partial charge < -0.3 is 0 Å². The quantitative estimate of drug-likeness (QED) is 0.701. The number of rotatable bonds is 2. The number of hydrogen-bond donors (Lipinski definition) is 0. The normalized spacial score (nSPS) is 33.2. The lowest BCUT2D eigenvalue weighted by Gasteiger charge is -2.12. The van der Waals surface area contributed by atoms with E-state index < -0.39 is 0 Å². The Hall–Kier alpha value is -1.11. The van der Waals surface area contributed by atoms with Crippen LogP contribution < -0.4 is 0 Å². The van der Waals surface area contributed by atoms with Crippen molar-refractivity contribution in [3.8, 4) is 0 Å². The highest BCUT2D eigenvalue weighted by molar-refractivity contribution is 5.82. The molecule has 2 fully saturated rings. The van der Waals surface area contributed by atoms with Crippen molar-refractivity contribution in [2.75, 3.05) is 0 Å². The number of hydrogen-bond acceptors (Lipinski definition) is 1. The first-order chi connectivity index (χ1) is 8.36. The first-order valence-corrected chi connectivity index (χ1v) is 6.94. The predicted octanol–water partition coefficient (Wildman–Crippen LogP) is 3.94. The third-order valence-corrected chi connectivity index (χ3v) is 4.44. The SMILES string of the molecule is O=C1CCCCCC1C1CC1c1ccccc1. The molecule has 3 rings (SSSR count). The fraction of sp³-hybridized carbons (Fsp3) is 0.562. The molecular weight excluding hydrogens is 208 g/mol. The minimum Gasteiger partial charge on any atom is -0.299 e. The van der Waals surface area contributed by atoms with Gasteiger partial charge in [-0.25, -0.2) is 0 Å². The molecule has 90 valence electrons. The van der Waals surface area contributed by atoms with E-state index in [2.05, 4.69) is 30.3 Å². The van der Waals surface area contributed by atoms with Crippen molar-refractivity contribution in [2.45, 2.75) is 44.4 Å². The second kappa shape index (κ2) is 4.64. The molecule has 0 saturated heterocycles. The smallest absolute Gasteiger partial charge is 0.136 e. The maximum atomic E-state index is 12.1. The van der Waals surface area contributed by atoms with E-state index in [0.717, 1.165) is 19.3 Å². The summed E-state index contributed by atoms with van der Waals surface area (Å²) in [6.07, 6.45) is 6.85. The van der Waals surface area contributed by atoms with Crippen molar-refractivity contribution in [3.05, 3.63) is 35.9 Å². The molecule has 1 heteroatoms. The fourth-order valence-electron chi connectivity index (χ4n) is 3.38. The Kier molecular flexibility index (Phi) is 3.00. The lowest BCUT2D eigenvalue weighted by atomic mass is 9.91. The summed E-state index contributed by atoms with van der Waals surface area (Å²) in [5.41, 5.74) is 1.44. The molecule has 0 N–H and O–H groups in total. The summed E-state index contributed by atoms with van der Waals surface area (Å²) in [7, 11) is 0. The highest BCUT2D eigenvalue weighted by Crippen LogP contribution is 2.53. The van der Waals surface area contributed by atoms with Gasteiger partial charge in [0, 0.05) is 12.3 Å². The molecule has 2 saturated carbocycles. The number of carbonyl (C=O) groups is 1. The molecule has 1 nitrogen and oxygen atoms in total. The van der Waals surface area contributed by atoms with Gasteiger partial charge in [0.25, 0.3) is 0 Å². The highest BCUT2D eigenvalue weighted by Gasteiger charge is 2.46. The maximum Gasteiger partial charge on any atom is 0.136 e. The summed E-state index contributed by atoms with van der Waals surface area (Å²) in [6, 6.07) is 10.7. The van der Waals surface area contributed by atoms with Gasteiger partial charge in [0.1, 0.15) is 5.78 Å². The van der Waals surface area contributed by atoms with Gasteiger partial charge in [-0.05, 0) is 36.7 Å². The van der Waals surface area contributed by atoms with Crippen LogP contribution in [0.3, 0.4) is 0 Å². The molecule has 0 aromatic heterocycles. The van der Waals surface area contributed by atoms with E-state index in [1.807, 2.05) is 0 Å². The van der Waals surface area contributed by atoms with Gasteiger partial charge in [-0.15, -0.1) is 0 Å². The number of benzene rings is 1. The molecule has 3 unspecified atom stereocenters. The van der Waals surface area contributed by atoms with Crippen molar-refractivity contribution in [3.63, 3.8) is 0 Å². The lowest BCUT2D eigenvalue weighted by Crippen LogP contribution is -2.15. The summed E-state index contributed by atoms with van der Waals surface area (Å²) in [5.74, 6) is 2.25. The third kappa shape index (κ3) is 2.29. The lowest BCUT2D eigenvalue weighted by molar-refractivity contribution is -0.123. The maximum absolute atomic E-state index is 12.1.